The molecular formula is C16H28N2O6. The maximum atomic E-state index is 12.0. The molecule has 0 aromatic rings. The zero-order valence-electron chi connectivity index (χ0n) is 14.1. The van der Waals surface area contributed by atoms with Crippen LogP contribution in [0.5, 0.6) is 0 Å². The second-order valence-corrected chi connectivity index (χ2v) is 6.39. The topological polar surface area (TPSA) is 139 Å². The molecule has 5 atom stereocenters. The summed E-state index contributed by atoms with van der Waals surface area (Å²) < 4.78 is 0. The minimum atomic E-state index is -1.96. The van der Waals surface area contributed by atoms with Crippen LogP contribution in [-0.2, 0) is 9.59 Å². The highest BCUT2D eigenvalue weighted by molar-refractivity contribution is 5.89. The lowest BCUT2D eigenvalue weighted by Crippen LogP contribution is -2.54. The van der Waals surface area contributed by atoms with Crippen molar-refractivity contribution in [2.45, 2.75) is 63.6 Å². The van der Waals surface area contributed by atoms with Gasteiger partial charge in [0, 0.05) is 6.54 Å². The largest absolute Gasteiger partial charge is 0.387 e. The Morgan fingerprint density at radius 2 is 1.83 bits per heavy atom. The Kier molecular flexibility index (Phi) is 8.34. The minimum absolute atomic E-state index is 0.131. The van der Waals surface area contributed by atoms with Crippen molar-refractivity contribution in [1.29, 1.82) is 0 Å². The molecule has 0 spiro atoms. The number of nitrogens with one attached hydrogen (secondary N) is 2. The van der Waals surface area contributed by atoms with Gasteiger partial charge in [-0.1, -0.05) is 26.0 Å². The molecule has 2 amide bonds. The normalized spacial score (nSPS) is 24.1. The molecular weight excluding hydrogens is 316 g/mol. The number of allylic oxidation sites excluding steroid dienone is 1. The Morgan fingerprint density at radius 3 is 2.46 bits per heavy atom. The van der Waals surface area contributed by atoms with Crippen molar-refractivity contribution in [3.63, 3.8) is 0 Å². The number of rotatable bonds is 7. The Morgan fingerprint density at radius 1 is 1.17 bits per heavy atom. The Balaban J connectivity index is 2.61. The molecule has 0 unspecified atom stereocenters. The van der Waals surface area contributed by atoms with Crippen LogP contribution in [0.15, 0.2) is 12.2 Å². The molecule has 1 rings (SSSR count). The summed E-state index contributed by atoms with van der Waals surface area (Å²) in [7, 11) is 0. The fraction of sp³-hybridized carbons (Fsp3) is 0.750. The molecule has 8 nitrogen and oxygen atoms in total. The Labute approximate surface area is 141 Å². The monoisotopic (exact) mass is 344 g/mol. The van der Waals surface area contributed by atoms with Gasteiger partial charge in [0.15, 0.2) is 6.10 Å². The van der Waals surface area contributed by atoms with Gasteiger partial charge in [0.2, 0.25) is 5.91 Å². The summed E-state index contributed by atoms with van der Waals surface area (Å²) in [5.41, 5.74) is 0. The first-order valence-electron chi connectivity index (χ1n) is 8.22. The van der Waals surface area contributed by atoms with E-state index in [0.29, 0.717) is 13.0 Å². The number of carbonyl (C=O) groups excluding carboxylic acids is 2. The average Bonchev–Trinajstić information content (AvgIpc) is 2.75. The number of amides is 2. The molecule has 6 N–H and O–H groups in total. The maximum absolute atomic E-state index is 12.0. The molecule has 1 saturated heterocycles. The lowest BCUT2D eigenvalue weighted by Gasteiger charge is -2.26. The number of aliphatic hydroxyl groups is 4. The van der Waals surface area contributed by atoms with Crippen molar-refractivity contribution in [1.82, 2.24) is 10.6 Å². The molecule has 24 heavy (non-hydrogen) atoms. The molecule has 0 radical (unpaired) electrons. The van der Waals surface area contributed by atoms with Gasteiger partial charge in [0.25, 0.3) is 5.91 Å². The van der Waals surface area contributed by atoms with Gasteiger partial charge < -0.3 is 31.1 Å². The lowest BCUT2D eigenvalue weighted by atomic mass is 10.0. The van der Waals surface area contributed by atoms with E-state index in [-0.39, 0.29) is 11.8 Å². The molecule has 0 aliphatic carbocycles. The van der Waals surface area contributed by atoms with E-state index in [9.17, 15) is 30.0 Å². The molecule has 0 aromatic carbocycles. The van der Waals surface area contributed by atoms with Crippen molar-refractivity contribution < 1.29 is 30.0 Å². The number of hydrogen-bond donors (Lipinski definition) is 6. The van der Waals surface area contributed by atoms with Crippen LogP contribution in [0.2, 0.25) is 0 Å². The lowest BCUT2D eigenvalue weighted by molar-refractivity contribution is -0.146. The van der Waals surface area contributed by atoms with E-state index < -0.39 is 36.4 Å². The highest BCUT2D eigenvalue weighted by Gasteiger charge is 2.35. The highest BCUT2D eigenvalue weighted by Crippen LogP contribution is 2.10. The van der Waals surface area contributed by atoms with E-state index >= 15 is 0 Å². The van der Waals surface area contributed by atoms with Gasteiger partial charge in [-0.3, -0.25) is 9.59 Å². The summed E-state index contributed by atoms with van der Waals surface area (Å²) in [5, 5.41) is 44.4. The summed E-state index contributed by atoms with van der Waals surface area (Å²) in [4.78, 5) is 23.8. The van der Waals surface area contributed by atoms with Crippen molar-refractivity contribution in [3.05, 3.63) is 12.2 Å². The molecule has 0 bridgehead atoms. The smallest absolute Gasteiger partial charge is 0.252 e. The van der Waals surface area contributed by atoms with Crippen LogP contribution in [0, 0.1) is 5.92 Å². The van der Waals surface area contributed by atoms with Crippen molar-refractivity contribution in [2.24, 2.45) is 5.92 Å². The SMILES string of the molecule is CC(C)/C=C/[C@@H](O)[C@H](O)[C@@H](O)[C@@H](O)C(=O)N[C@H]1CCCCNC1=O. The summed E-state index contributed by atoms with van der Waals surface area (Å²) in [5.74, 6) is -1.18. The van der Waals surface area contributed by atoms with Crippen molar-refractivity contribution in [3.8, 4) is 0 Å². The minimum Gasteiger partial charge on any atom is -0.387 e. The summed E-state index contributed by atoms with van der Waals surface area (Å²) >= 11 is 0. The third kappa shape index (κ3) is 6.20. The predicted octanol–water partition coefficient (Wildman–Crippen LogP) is -1.57. The van der Waals surface area contributed by atoms with E-state index in [1.54, 1.807) is 6.08 Å². The van der Waals surface area contributed by atoms with E-state index in [4.69, 9.17) is 0 Å². The van der Waals surface area contributed by atoms with Crippen molar-refractivity contribution in [2.75, 3.05) is 6.54 Å². The Bertz CT molecular complexity index is 454. The molecule has 138 valence electrons. The standard InChI is InChI=1S/C16H28N2O6/c1-9(2)6-7-11(19)12(20)13(21)14(22)16(24)18-10-5-3-4-8-17-15(10)23/h6-7,9-14,19-22H,3-5,8H2,1-2H3,(H,17,23)(H,18,24)/b7-6+/t10-,11+,12-,13+,14+/m0/s1. The summed E-state index contributed by atoms with van der Waals surface area (Å²) in [6.45, 7) is 4.27. The second-order valence-electron chi connectivity index (χ2n) is 6.39. The van der Waals surface area contributed by atoms with Crippen LogP contribution in [0.4, 0.5) is 0 Å². The van der Waals surface area contributed by atoms with Gasteiger partial charge in [-0.15, -0.1) is 0 Å². The molecule has 1 aliphatic rings. The molecule has 0 aromatic heterocycles. The second kappa shape index (κ2) is 9.73. The first kappa shape index (κ1) is 20.6. The third-order valence-electron chi connectivity index (χ3n) is 3.84. The van der Waals surface area contributed by atoms with Crippen LogP contribution in [0.3, 0.4) is 0 Å². The highest BCUT2D eigenvalue weighted by atomic mass is 16.4. The van der Waals surface area contributed by atoms with Crippen LogP contribution >= 0.6 is 0 Å². The zero-order chi connectivity index (χ0) is 18.3. The van der Waals surface area contributed by atoms with Gasteiger partial charge in [-0.2, -0.15) is 0 Å². The molecule has 1 fully saturated rings. The first-order chi connectivity index (χ1) is 11.2. The zero-order valence-corrected chi connectivity index (χ0v) is 14.1. The first-order valence-corrected chi connectivity index (χ1v) is 8.22. The summed E-state index contributed by atoms with van der Waals surface area (Å²) in [6.07, 6.45) is -2.10. The molecule has 0 saturated carbocycles. The maximum Gasteiger partial charge on any atom is 0.252 e. The van der Waals surface area contributed by atoms with E-state index in [1.165, 1.54) is 6.08 Å². The fourth-order valence-electron chi connectivity index (χ4n) is 2.33. The van der Waals surface area contributed by atoms with Gasteiger partial charge in [-0.05, 0) is 25.2 Å². The number of hydrogen-bond acceptors (Lipinski definition) is 6. The van der Waals surface area contributed by atoms with Gasteiger partial charge in [0.05, 0.1) is 0 Å². The van der Waals surface area contributed by atoms with E-state index in [2.05, 4.69) is 10.6 Å². The quantitative estimate of drug-likeness (QED) is 0.308. The van der Waals surface area contributed by atoms with Crippen LogP contribution < -0.4 is 10.6 Å². The average molecular weight is 344 g/mol. The molecule has 1 heterocycles. The van der Waals surface area contributed by atoms with Gasteiger partial charge in [-0.25, -0.2) is 0 Å². The van der Waals surface area contributed by atoms with Crippen LogP contribution in [-0.4, -0.2) is 69.2 Å². The molecule has 8 heteroatoms. The fourth-order valence-corrected chi connectivity index (χ4v) is 2.33. The van der Waals surface area contributed by atoms with E-state index in [1.807, 2.05) is 13.8 Å². The predicted molar refractivity (Wildman–Crippen MR) is 86.8 cm³/mol. The van der Waals surface area contributed by atoms with E-state index in [0.717, 1.165) is 12.8 Å². The Hall–Kier alpha value is -1.48. The van der Waals surface area contributed by atoms with Gasteiger partial charge in [0.1, 0.15) is 24.4 Å². The summed E-state index contributed by atoms with van der Waals surface area (Å²) in [6, 6.07) is -0.787. The van der Waals surface area contributed by atoms with Crippen molar-refractivity contribution >= 4 is 11.8 Å². The molecule has 1 aliphatic heterocycles. The number of carbonyl (C=O) groups is 2. The van der Waals surface area contributed by atoms with Crippen LogP contribution in [0.25, 0.3) is 0 Å². The van der Waals surface area contributed by atoms with Gasteiger partial charge >= 0.3 is 0 Å². The third-order valence-corrected chi connectivity index (χ3v) is 3.84. The van der Waals surface area contributed by atoms with Crippen LogP contribution in [0.1, 0.15) is 33.1 Å². The number of aliphatic hydroxyl groups excluding tert-OH is 4.